The summed E-state index contributed by atoms with van der Waals surface area (Å²) in [6.07, 6.45) is 1.52. The third kappa shape index (κ3) is 3.59. The van der Waals surface area contributed by atoms with Crippen LogP contribution in [0.2, 0.25) is 0 Å². The van der Waals surface area contributed by atoms with Crippen LogP contribution in [0.3, 0.4) is 0 Å². The van der Waals surface area contributed by atoms with Gasteiger partial charge in [0.1, 0.15) is 11.4 Å². The minimum atomic E-state index is -0.890. The van der Waals surface area contributed by atoms with E-state index in [9.17, 15) is 9.59 Å². The van der Waals surface area contributed by atoms with Crippen molar-refractivity contribution in [2.45, 2.75) is 45.6 Å². The zero-order valence-corrected chi connectivity index (χ0v) is 15.2. The van der Waals surface area contributed by atoms with Gasteiger partial charge in [-0.25, -0.2) is 0 Å². The van der Waals surface area contributed by atoms with Gasteiger partial charge in [0.2, 0.25) is 0 Å². The van der Waals surface area contributed by atoms with E-state index in [2.05, 4.69) is 5.32 Å². The Labute approximate surface area is 152 Å². The number of ether oxygens (including phenoxy) is 2. The molecule has 0 radical (unpaired) electrons. The standard InChI is InChI=1S/C20H23NO5/c1-12(22)25-19-14-7-5-4-6-13(14)18-15(8-10-20(2,3)26-18)17(19)21-11-9-16(23)24/h4-7,21H,8-11H2,1-3H3,(H,23,24). The fourth-order valence-electron chi connectivity index (χ4n) is 3.27. The van der Waals surface area contributed by atoms with Crippen molar-refractivity contribution in [3.05, 3.63) is 29.8 Å². The van der Waals surface area contributed by atoms with Gasteiger partial charge in [-0.15, -0.1) is 0 Å². The lowest BCUT2D eigenvalue weighted by Crippen LogP contribution is -2.33. The molecule has 26 heavy (non-hydrogen) atoms. The Morgan fingerprint density at radius 2 is 1.96 bits per heavy atom. The molecule has 0 atom stereocenters. The van der Waals surface area contributed by atoms with Gasteiger partial charge < -0.3 is 19.9 Å². The van der Waals surface area contributed by atoms with Crippen molar-refractivity contribution in [3.8, 4) is 11.5 Å². The predicted molar refractivity (Wildman–Crippen MR) is 99.0 cm³/mol. The SMILES string of the molecule is CC(=O)Oc1c(NCCC(=O)O)c2c(c3ccccc13)OC(C)(C)CC2. The minimum absolute atomic E-state index is 0.0343. The summed E-state index contributed by atoms with van der Waals surface area (Å²) in [7, 11) is 0. The number of rotatable bonds is 5. The normalized spacial score (nSPS) is 15.0. The molecule has 0 saturated carbocycles. The molecule has 0 amide bonds. The quantitative estimate of drug-likeness (QED) is 0.626. The number of hydrogen-bond acceptors (Lipinski definition) is 5. The average molecular weight is 357 g/mol. The van der Waals surface area contributed by atoms with Gasteiger partial charge in [0.15, 0.2) is 5.75 Å². The number of aliphatic carboxylic acids is 1. The Morgan fingerprint density at radius 3 is 2.62 bits per heavy atom. The maximum absolute atomic E-state index is 11.7. The van der Waals surface area contributed by atoms with E-state index < -0.39 is 11.9 Å². The average Bonchev–Trinajstić information content (AvgIpc) is 2.56. The Morgan fingerprint density at radius 1 is 1.27 bits per heavy atom. The number of esters is 1. The van der Waals surface area contributed by atoms with E-state index in [0.717, 1.165) is 34.9 Å². The van der Waals surface area contributed by atoms with Crippen LogP contribution in [0.25, 0.3) is 10.8 Å². The summed E-state index contributed by atoms with van der Waals surface area (Å²) in [5, 5.41) is 13.7. The van der Waals surface area contributed by atoms with Crippen molar-refractivity contribution in [3.63, 3.8) is 0 Å². The highest BCUT2D eigenvalue weighted by atomic mass is 16.5. The van der Waals surface area contributed by atoms with Crippen molar-refractivity contribution in [2.75, 3.05) is 11.9 Å². The summed E-state index contributed by atoms with van der Waals surface area (Å²) in [5.74, 6) is -0.113. The first-order valence-corrected chi connectivity index (χ1v) is 8.69. The second-order valence-corrected chi connectivity index (χ2v) is 7.08. The molecule has 0 fully saturated rings. The Bertz CT molecular complexity index is 872. The van der Waals surface area contributed by atoms with Crippen LogP contribution in [0.15, 0.2) is 24.3 Å². The zero-order chi connectivity index (χ0) is 18.9. The summed E-state index contributed by atoms with van der Waals surface area (Å²) in [6.45, 7) is 5.68. The molecular formula is C20H23NO5. The van der Waals surface area contributed by atoms with Crippen molar-refractivity contribution in [1.29, 1.82) is 0 Å². The first-order chi connectivity index (χ1) is 12.3. The van der Waals surface area contributed by atoms with Crippen LogP contribution in [0, 0.1) is 0 Å². The van der Waals surface area contributed by atoms with E-state index in [-0.39, 0.29) is 18.6 Å². The number of anilines is 1. The van der Waals surface area contributed by atoms with E-state index in [1.165, 1.54) is 6.92 Å². The molecule has 0 spiro atoms. The molecule has 2 N–H and O–H groups in total. The van der Waals surface area contributed by atoms with Crippen LogP contribution >= 0.6 is 0 Å². The molecule has 1 heterocycles. The van der Waals surface area contributed by atoms with Gasteiger partial charge >= 0.3 is 11.9 Å². The molecule has 6 nitrogen and oxygen atoms in total. The Balaban J connectivity index is 2.20. The molecule has 0 bridgehead atoms. The lowest BCUT2D eigenvalue weighted by atomic mass is 9.90. The summed E-state index contributed by atoms with van der Waals surface area (Å²) in [4.78, 5) is 22.6. The third-order valence-corrected chi connectivity index (χ3v) is 4.46. The van der Waals surface area contributed by atoms with E-state index in [0.29, 0.717) is 11.4 Å². The summed E-state index contributed by atoms with van der Waals surface area (Å²) in [6, 6.07) is 7.62. The molecule has 2 aromatic rings. The monoisotopic (exact) mass is 357 g/mol. The van der Waals surface area contributed by atoms with Crippen molar-refractivity contribution in [1.82, 2.24) is 0 Å². The maximum Gasteiger partial charge on any atom is 0.308 e. The molecule has 138 valence electrons. The number of nitrogens with one attached hydrogen (secondary N) is 1. The minimum Gasteiger partial charge on any atom is -0.487 e. The van der Waals surface area contributed by atoms with Gasteiger partial charge in [0, 0.05) is 29.8 Å². The van der Waals surface area contributed by atoms with Gasteiger partial charge in [-0.2, -0.15) is 0 Å². The first-order valence-electron chi connectivity index (χ1n) is 8.69. The number of carboxylic acids is 1. The smallest absolute Gasteiger partial charge is 0.308 e. The van der Waals surface area contributed by atoms with Crippen LogP contribution in [0.5, 0.6) is 11.5 Å². The second kappa shape index (κ2) is 6.86. The lowest BCUT2D eigenvalue weighted by Gasteiger charge is -2.35. The second-order valence-electron chi connectivity index (χ2n) is 7.08. The van der Waals surface area contributed by atoms with Gasteiger partial charge in [0.05, 0.1) is 12.1 Å². The van der Waals surface area contributed by atoms with Crippen LogP contribution in [0.1, 0.15) is 39.2 Å². The Kier molecular flexibility index (Phi) is 4.76. The van der Waals surface area contributed by atoms with Gasteiger partial charge in [0.25, 0.3) is 0 Å². The number of carbonyl (C=O) groups is 2. The number of hydrogen-bond donors (Lipinski definition) is 2. The highest BCUT2D eigenvalue weighted by Gasteiger charge is 2.32. The molecule has 0 unspecified atom stereocenters. The topological polar surface area (TPSA) is 84.9 Å². The van der Waals surface area contributed by atoms with Crippen molar-refractivity contribution >= 4 is 28.4 Å². The molecular weight excluding hydrogens is 334 g/mol. The predicted octanol–water partition coefficient (Wildman–Crippen LogP) is 3.76. The molecule has 3 rings (SSSR count). The number of carbonyl (C=O) groups excluding carboxylic acids is 1. The van der Waals surface area contributed by atoms with Crippen LogP contribution in [-0.4, -0.2) is 29.2 Å². The number of carboxylic acid groups (broad SMARTS) is 1. The zero-order valence-electron chi connectivity index (χ0n) is 15.2. The Hall–Kier alpha value is -2.76. The molecule has 1 aliphatic heterocycles. The maximum atomic E-state index is 11.7. The van der Waals surface area contributed by atoms with Crippen molar-refractivity contribution < 1.29 is 24.2 Å². The lowest BCUT2D eigenvalue weighted by molar-refractivity contribution is -0.136. The fraction of sp³-hybridized carbons (Fsp3) is 0.400. The summed E-state index contributed by atoms with van der Waals surface area (Å²) < 4.78 is 11.8. The number of fused-ring (bicyclic) bond motifs is 3. The van der Waals surface area contributed by atoms with Crippen LogP contribution in [-0.2, 0) is 16.0 Å². The summed E-state index contributed by atoms with van der Waals surface area (Å²) in [5.41, 5.74) is 1.27. The molecule has 2 aromatic carbocycles. The number of benzene rings is 2. The van der Waals surface area contributed by atoms with E-state index in [1.54, 1.807) is 0 Å². The van der Waals surface area contributed by atoms with E-state index in [1.807, 2.05) is 38.1 Å². The molecule has 1 aliphatic rings. The van der Waals surface area contributed by atoms with Gasteiger partial charge in [-0.05, 0) is 26.7 Å². The highest BCUT2D eigenvalue weighted by molar-refractivity contribution is 6.01. The van der Waals surface area contributed by atoms with Gasteiger partial charge in [-0.1, -0.05) is 24.3 Å². The third-order valence-electron chi connectivity index (χ3n) is 4.46. The fourth-order valence-corrected chi connectivity index (χ4v) is 3.27. The largest absolute Gasteiger partial charge is 0.487 e. The molecule has 0 aromatic heterocycles. The van der Waals surface area contributed by atoms with E-state index >= 15 is 0 Å². The van der Waals surface area contributed by atoms with Crippen LogP contribution < -0.4 is 14.8 Å². The van der Waals surface area contributed by atoms with Crippen LogP contribution in [0.4, 0.5) is 5.69 Å². The first kappa shape index (κ1) is 18.0. The molecule has 6 heteroatoms. The van der Waals surface area contributed by atoms with E-state index in [4.69, 9.17) is 14.6 Å². The molecule has 0 saturated heterocycles. The summed E-state index contributed by atoms with van der Waals surface area (Å²) >= 11 is 0. The highest BCUT2D eigenvalue weighted by Crippen LogP contribution is 2.48. The van der Waals surface area contributed by atoms with Crippen molar-refractivity contribution in [2.24, 2.45) is 0 Å². The van der Waals surface area contributed by atoms with Gasteiger partial charge in [-0.3, -0.25) is 9.59 Å². The molecule has 0 aliphatic carbocycles.